The van der Waals surface area contributed by atoms with Crippen LogP contribution in [0, 0.1) is 11.7 Å². The van der Waals surface area contributed by atoms with Gasteiger partial charge in [0.1, 0.15) is 5.82 Å². The monoisotopic (exact) mass is 305 g/mol. The third-order valence-corrected chi connectivity index (χ3v) is 3.82. The van der Waals surface area contributed by atoms with E-state index in [0.29, 0.717) is 24.2 Å². The van der Waals surface area contributed by atoms with Gasteiger partial charge in [-0.05, 0) is 48.5 Å². The van der Waals surface area contributed by atoms with Crippen molar-refractivity contribution in [2.75, 3.05) is 18.5 Å². The Kier molecular flexibility index (Phi) is 4.68. The van der Waals surface area contributed by atoms with Gasteiger partial charge in [-0.2, -0.15) is 4.98 Å². The highest BCUT2D eigenvalue weighted by Gasteiger charge is 2.19. The molecule has 1 saturated heterocycles. The second-order valence-corrected chi connectivity index (χ2v) is 5.83. The van der Waals surface area contributed by atoms with Gasteiger partial charge in [0.2, 0.25) is 5.89 Å². The van der Waals surface area contributed by atoms with E-state index in [-0.39, 0.29) is 11.9 Å². The Morgan fingerprint density at radius 3 is 2.91 bits per heavy atom. The van der Waals surface area contributed by atoms with Crippen molar-refractivity contribution < 1.29 is 13.7 Å². The molecule has 1 aliphatic heterocycles. The molecular formula is C16H20FN3O2. The third kappa shape index (κ3) is 4.04. The van der Waals surface area contributed by atoms with E-state index < -0.39 is 0 Å². The SMILES string of the molecule is CC(CC1CCOC1)Nc1noc(Cc2ccc(F)cc2)n1. The normalized spacial score (nSPS) is 19.3. The molecule has 0 bridgehead atoms. The molecule has 1 aliphatic rings. The summed E-state index contributed by atoms with van der Waals surface area (Å²) in [5.74, 6) is 1.38. The fraction of sp³-hybridized carbons (Fsp3) is 0.500. The second-order valence-electron chi connectivity index (χ2n) is 5.83. The first-order chi connectivity index (χ1) is 10.7. The Bertz CT molecular complexity index is 594. The summed E-state index contributed by atoms with van der Waals surface area (Å²) < 4.78 is 23.5. The van der Waals surface area contributed by atoms with Crippen molar-refractivity contribution in [3.05, 3.63) is 41.5 Å². The summed E-state index contributed by atoms with van der Waals surface area (Å²) in [4.78, 5) is 4.33. The molecule has 1 aromatic carbocycles. The number of nitrogens with one attached hydrogen (secondary N) is 1. The molecule has 1 fully saturated rings. The fourth-order valence-corrected chi connectivity index (χ4v) is 2.71. The molecule has 3 rings (SSSR count). The van der Waals surface area contributed by atoms with Crippen molar-refractivity contribution in [3.63, 3.8) is 0 Å². The van der Waals surface area contributed by atoms with Gasteiger partial charge in [-0.25, -0.2) is 4.39 Å². The molecule has 0 saturated carbocycles. The maximum absolute atomic E-state index is 12.9. The van der Waals surface area contributed by atoms with E-state index in [2.05, 4.69) is 22.4 Å². The predicted octanol–water partition coefficient (Wildman–Crippen LogP) is 3.03. The first kappa shape index (κ1) is 15.0. The molecule has 2 heterocycles. The standard InChI is InChI=1S/C16H20FN3O2/c1-11(8-13-6-7-21-10-13)18-16-19-15(22-20-16)9-12-2-4-14(17)5-3-12/h2-5,11,13H,6-10H2,1H3,(H,18,20). The van der Waals surface area contributed by atoms with Crippen LogP contribution in [0.5, 0.6) is 0 Å². The van der Waals surface area contributed by atoms with Crippen molar-refractivity contribution in [1.29, 1.82) is 0 Å². The Labute approximate surface area is 128 Å². The summed E-state index contributed by atoms with van der Waals surface area (Å²) in [6, 6.07) is 6.56. The molecule has 0 aliphatic carbocycles. The highest BCUT2D eigenvalue weighted by molar-refractivity contribution is 5.25. The van der Waals surface area contributed by atoms with Crippen LogP contribution in [0.25, 0.3) is 0 Å². The van der Waals surface area contributed by atoms with Gasteiger partial charge >= 0.3 is 0 Å². The lowest BCUT2D eigenvalue weighted by Crippen LogP contribution is -2.20. The topological polar surface area (TPSA) is 60.2 Å². The zero-order valence-electron chi connectivity index (χ0n) is 12.6. The summed E-state index contributed by atoms with van der Waals surface area (Å²) in [6.07, 6.45) is 2.65. The first-order valence-corrected chi connectivity index (χ1v) is 7.60. The molecule has 0 spiro atoms. The van der Waals surface area contributed by atoms with Gasteiger partial charge in [-0.3, -0.25) is 0 Å². The minimum absolute atomic E-state index is 0.249. The number of halogens is 1. The molecule has 5 nitrogen and oxygen atoms in total. The number of rotatable bonds is 6. The van der Waals surface area contributed by atoms with Crippen LogP contribution in [0.4, 0.5) is 10.3 Å². The fourth-order valence-electron chi connectivity index (χ4n) is 2.71. The van der Waals surface area contributed by atoms with Gasteiger partial charge in [0, 0.05) is 19.3 Å². The number of benzene rings is 1. The van der Waals surface area contributed by atoms with Gasteiger partial charge in [-0.15, -0.1) is 0 Å². The van der Waals surface area contributed by atoms with E-state index in [1.807, 2.05) is 0 Å². The molecule has 1 N–H and O–H groups in total. The quantitative estimate of drug-likeness (QED) is 0.889. The number of aromatic nitrogens is 2. The van der Waals surface area contributed by atoms with Crippen LogP contribution in [-0.2, 0) is 11.2 Å². The van der Waals surface area contributed by atoms with Crippen LogP contribution >= 0.6 is 0 Å². The second kappa shape index (κ2) is 6.87. The highest BCUT2D eigenvalue weighted by atomic mass is 19.1. The Hall–Kier alpha value is -1.95. The van der Waals surface area contributed by atoms with Gasteiger partial charge in [0.15, 0.2) is 0 Å². The van der Waals surface area contributed by atoms with Gasteiger partial charge in [0.05, 0.1) is 6.42 Å². The van der Waals surface area contributed by atoms with E-state index in [0.717, 1.165) is 31.6 Å². The zero-order valence-corrected chi connectivity index (χ0v) is 12.6. The molecule has 0 amide bonds. The van der Waals surface area contributed by atoms with Gasteiger partial charge < -0.3 is 14.6 Å². The van der Waals surface area contributed by atoms with Crippen LogP contribution in [-0.4, -0.2) is 29.4 Å². The highest BCUT2D eigenvalue weighted by Crippen LogP contribution is 2.19. The molecule has 0 radical (unpaired) electrons. The molecular weight excluding hydrogens is 285 g/mol. The molecule has 2 aromatic rings. The lowest BCUT2D eigenvalue weighted by atomic mass is 10.0. The van der Waals surface area contributed by atoms with Crippen molar-refractivity contribution in [2.45, 2.75) is 32.2 Å². The largest absolute Gasteiger partial charge is 0.381 e. The smallest absolute Gasteiger partial charge is 0.263 e. The molecule has 2 unspecified atom stereocenters. The minimum Gasteiger partial charge on any atom is -0.381 e. The van der Waals surface area contributed by atoms with E-state index in [1.165, 1.54) is 12.1 Å². The lowest BCUT2D eigenvalue weighted by Gasteiger charge is -2.15. The maximum atomic E-state index is 12.9. The van der Waals surface area contributed by atoms with Crippen LogP contribution in [0.15, 0.2) is 28.8 Å². The summed E-state index contributed by atoms with van der Waals surface area (Å²) in [6.45, 7) is 3.81. The van der Waals surface area contributed by atoms with Gasteiger partial charge in [-0.1, -0.05) is 12.1 Å². The average molecular weight is 305 g/mol. The molecule has 6 heteroatoms. The molecule has 118 valence electrons. The van der Waals surface area contributed by atoms with E-state index in [9.17, 15) is 4.39 Å². The molecule has 2 atom stereocenters. The van der Waals surface area contributed by atoms with E-state index in [4.69, 9.17) is 9.26 Å². The maximum Gasteiger partial charge on any atom is 0.263 e. The van der Waals surface area contributed by atoms with Crippen LogP contribution in [0.1, 0.15) is 31.2 Å². The average Bonchev–Trinajstić information content (AvgIpc) is 3.14. The Morgan fingerprint density at radius 1 is 1.36 bits per heavy atom. The van der Waals surface area contributed by atoms with Crippen LogP contribution < -0.4 is 5.32 Å². The Morgan fingerprint density at radius 2 is 2.18 bits per heavy atom. The number of hydrogen-bond donors (Lipinski definition) is 1. The number of anilines is 1. The summed E-state index contributed by atoms with van der Waals surface area (Å²) in [7, 11) is 0. The zero-order chi connectivity index (χ0) is 15.4. The van der Waals surface area contributed by atoms with Gasteiger partial charge in [0.25, 0.3) is 5.95 Å². The van der Waals surface area contributed by atoms with Crippen molar-refractivity contribution >= 4 is 5.95 Å². The summed E-state index contributed by atoms with van der Waals surface area (Å²) in [5.41, 5.74) is 0.938. The first-order valence-electron chi connectivity index (χ1n) is 7.60. The number of nitrogens with zero attached hydrogens (tertiary/aromatic N) is 2. The summed E-state index contributed by atoms with van der Waals surface area (Å²) in [5, 5.41) is 7.19. The van der Waals surface area contributed by atoms with Crippen molar-refractivity contribution in [1.82, 2.24) is 10.1 Å². The summed E-state index contributed by atoms with van der Waals surface area (Å²) >= 11 is 0. The lowest BCUT2D eigenvalue weighted by molar-refractivity contribution is 0.183. The van der Waals surface area contributed by atoms with Crippen LogP contribution in [0.2, 0.25) is 0 Å². The molecule has 22 heavy (non-hydrogen) atoms. The number of ether oxygens (including phenoxy) is 1. The van der Waals surface area contributed by atoms with Crippen molar-refractivity contribution in [2.24, 2.45) is 5.92 Å². The third-order valence-electron chi connectivity index (χ3n) is 3.82. The number of hydrogen-bond acceptors (Lipinski definition) is 5. The van der Waals surface area contributed by atoms with Crippen LogP contribution in [0.3, 0.4) is 0 Å². The van der Waals surface area contributed by atoms with Crippen molar-refractivity contribution in [3.8, 4) is 0 Å². The predicted molar refractivity (Wildman–Crippen MR) is 80.1 cm³/mol. The minimum atomic E-state index is -0.249. The van der Waals surface area contributed by atoms with E-state index in [1.54, 1.807) is 12.1 Å². The Balaban J connectivity index is 1.53. The van der Waals surface area contributed by atoms with E-state index >= 15 is 0 Å². The molecule has 1 aromatic heterocycles.